The Morgan fingerprint density at radius 1 is 1.57 bits per heavy atom. The number of aromatic amines is 1. The molecule has 0 aliphatic carbocycles. The van der Waals surface area contributed by atoms with Crippen molar-refractivity contribution in [3.05, 3.63) is 51.1 Å². The summed E-state index contributed by atoms with van der Waals surface area (Å²) in [6.45, 7) is 0.536. The molecule has 0 aromatic carbocycles. The molecule has 0 saturated heterocycles. The Labute approximate surface area is 88.7 Å². The van der Waals surface area contributed by atoms with Gasteiger partial charge in [-0.1, -0.05) is 0 Å². The van der Waals surface area contributed by atoms with Gasteiger partial charge in [0.25, 0.3) is 5.56 Å². The first-order valence-corrected chi connectivity index (χ1v) is 4.89. The number of nitrogens with zero attached hydrogens (tertiary/aromatic N) is 2. The molecule has 2 rings (SSSR count). The second-order valence-electron chi connectivity index (χ2n) is 2.90. The summed E-state index contributed by atoms with van der Waals surface area (Å²) in [4.78, 5) is 11.6. The number of pyridine rings is 1. The average molecular weight is 254 g/mol. The molecule has 1 N–H and O–H groups in total. The molecule has 0 atom stereocenters. The largest absolute Gasteiger partial charge is 0.310 e. The van der Waals surface area contributed by atoms with Crippen LogP contribution in [0.25, 0.3) is 0 Å². The Bertz CT molecular complexity index is 475. The van der Waals surface area contributed by atoms with Gasteiger partial charge in [-0.15, -0.1) is 0 Å². The number of aromatic nitrogens is 3. The SMILES string of the molecule is O=c1c(Br)cccn1Cc1cn[nH]c1. The van der Waals surface area contributed by atoms with Gasteiger partial charge in [0.1, 0.15) is 0 Å². The van der Waals surface area contributed by atoms with Gasteiger partial charge < -0.3 is 4.57 Å². The highest BCUT2D eigenvalue weighted by Crippen LogP contribution is 2.02. The van der Waals surface area contributed by atoms with E-state index in [1.54, 1.807) is 29.2 Å². The van der Waals surface area contributed by atoms with Crippen LogP contribution in [-0.4, -0.2) is 14.8 Å². The van der Waals surface area contributed by atoms with Crippen molar-refractivity contribution < 1.29 is 0 Å². The van der Waals surface area contributed by atoms with E-state index >= 15 is 0 Å². The minimum absolute atomic E-state index is 0.0336. The van der Waals surface area contributed by atoms with Gasteiger partial charge in [0.05, 0.1) is 17.2 Å². The highest BCUT2D eigenvalue weighted by atomic mass is 79.9. The lowest BCUT2D eigenvalue weighted by molar-refractivity contribution is 0.755. The van der Waals surface area contributed by atoms with E-state index in [9.17, 15) is 4.79 Å². The Hall–Kier alpha value is -1.36. The molecule has 2 aromatic rings. The molecule has 0 unspecified atom stereocenters. The zero-order valence-electron chi connectivity index (χ0n) is 7.27. The van der Waals surface area contributed by atoms with Crippen LogP contribution in [0.15, 0.2) is 40.0 Å². The van der Waals surface area contributed by atoms with Crippen LogP contribution in [0.3, 0.4) is 0 Å². The monoisotopic (exact) mass is 253 g/mol. The normalized spacial score (nSPS) is 10.4. The molecule has 0 saturated carbocycles. The fourth-order valence-corrected chi connectivity index (χ4v) is 1.57. The summed E-state index contributed by atoms with van der Waals surface area (Å²) in [6, 6.07) is 3.56. The van der Waals surface area contributed by atoms with Crippen LogP contribution in [0.5, 0.6) is 0 Å². The zero-order valence-corrected chi connectivity index (χ0v) is 8.86. The summed E-state index contributed by atoms with van der Waals surface area (Å²) in [6.07, 6.45) is 5.22. The molecule has 0 radical (unpaired) electrons. The third-order valence-electron chi connectivity index (χ3n) is 1.88. The predicted molar refractivity (Wildman–Crippen MR) is 56.1 cm³/mol. The molecule has 2 aromatic heterocycles. The average Bonchev–Trinajstić information content (AvgIpc) is 2.66. The number of halogens is 1. The van der Waals surface area contributed by atoms with Gasteiger partial charge in [0, 0.05) is 18.0 Å². The predicted octanol–water partition coefficient (Wildman–Crippen LogP) is 1.38. The lowest BCUT2D eigenvalue weighted by Gasteiger charge is -2.02. The molecule has 72 valence electrons. The van der Waals surface area contributed by atoms with Crippen LogP contribution in [0.2, 0.25) is 0 Å². The Morgan fingerprint density at radius 3 is 3.14 bits per heavy atom. The van der Waals surface area contributed by atoms with Crippen LogP contribution < -0.4 is 5.56 Å². The fraction of sp³-hybridized carbons (Fsp3) is 0.111. The molecule has 4 nitrogen and oxygen atoms in total. The van der Waals surface area contributed by atoms with Crippen LogP contribution in [0, 0.1) is 0 Å². The van der Waals surface area contributed by atoms with Crippen LogP contribution in [0.1, 0.15) is 5.56 Å². The second kappa shape index (κ2) is 3.79. The third-order valence-corrected chi connectivity index (χ3v) is 2.49. The van der Waals surface area contributed by atoms with E-state index in [1.807, 2.05) is 6.07 Å². The van der Waals surface area contributed by atoms with Crippen molar-refractivity contribution in [2.75, 3.05) is 0 Å². The van der Waals surface area contributed by atoms with Gasteiger partial charge >= 0.3 is 0 Å². The number of nitrogens with one attached hydrogen (secondary N) is 1. The second-order valence-corrected chi connectivity index (χ2v) is 3.75. The fourth-order valence-electron chi connectivity index (χ4n) is 1.19. The maximum atomic E-state index is 11.6. The van der Waals surface area contributed by atoms with Crippen molar-refractivity contribution in [3.8, 4) is 0 Å². The molecule has 14 heavy (non-hydrogen) atoms. The summed E-state index contributed by atoms with van der Waals surface area (Å²) in [5, 5.41) is 6.53. The molecule has 0 aliphatic rings. The highest BCUT2D eigenvalue weighted by molar-refractivity contribution is 9.10. The summed E-state index contributed by atoms with van der Waals surface area (Å²) >= 11 is 3.19. The smallest absolute Gasteiger partial charge is 0.265 e. The van der Waals surface area contributed by atoms with E-state index in [2.05, 4.69) is 26.1 Å². The number of rotatable bonds is 2. The van der Waals surface area contributed by atoms with Crippen LogP contribution in [-0.2, 0) is 6.54 Å². The van der Waals surface area contributed by atoms with Crippen LogP contribution in [0.4, 0.5) is 0 Å². The lowest BCUT2D eigenvalue weighted by atomic mass is 10.3. The van der Waals surface area contributed by atoms with Crippen molar-refractivity contribution in [1.82, 2.24) is 14.8 Å². The van der Waals surface area contributed by atoms with Crippen molar-refractivity contribution >= 4 is 15.9 Å². The molecule has 0 amide bonds. The van der Waals surface area contributed by atoms with Gasteiger partial charge in [-0.05, 0) is 28.1 Å². The van der Waals surface area contributed by atoms with Gasteiger partial charge in [0.2, 0.25) is 0 Å². The lowest BCUT2D eigenvalue weighted by Crippen LogP contribution is -2.19. The Balaban J connectivity index is 2.34. The van der Waals surface area contributed by atoms with Crippen molar-refractivity contribution in [3.63, 3.8) is 0 Å². The summed E-state index contributed by atoms with van der Waals surface area (Å²) in [5.74, 6) is 0. The Morgan fingerprint density at radius 2 is 2.43 bits per heavy atom. The molecule has 0 aliphatic heterocycles. The Kier molecular flexibility index (Phi) is 2.49. The summed E-state index contributed by atoms with van der Waals surface area (Å²) in [5.41, 5.74) is 0.943. The van der Waals surface area contributed by atoms with Crippen molar-refractivity contribution in [1.29, 1.82) is 0 Å². The van der Waals surface area contributed by atoms with E-state index in [-0.39, 0.29) is 5.56 Å². The minimum Gasteiger partial charge on any atom is -0.310 e. The van der Waals surface area contributed by atoms with Crippen LogP contribution >= 0.6 is 15.9 Å². The molecular weight excluding hydrogens is 246 g/mol. The first-order valence-electron chi connectivity index (χ1n) is 4.10. The number of hydrogen-bond donors (Lipinski definition) is 1. The molecule has 2 heterocycles. The third kappa shape index (κ3) is 1.77. The van der Waals surface area contributed by atoms with E-state index in [0.717, 1.165) is 5.56 Å². The van der Waals surface area contributed by atoms with Gasteiger partial charge in [-0.3, -0.25) is 9.89 Å². The number of H-pyrrole nitrogens is 1. The molecule has 0 bridgehead atoms. The van der Waals surface area contributed by atoms with Gasteiger partial charge in [-0.25, -0.2) is 0 Å². The summed E-state index contributed by atoms with van der Waals surface area (Å²) < 4.78 is 2.19. The standard InChI is InChI=1S/C9H8BrN3O/c10-8-2-1-3-13(9(8)14)6-7-4-11-12-5-7/h1-5H,6H2,(H,11,12). The van der Waals surface area contributed by atoms with Crippen molar-refractivity contribution in [2.24, 2.45) is 0 Å². The quantitative estimate of drug-likeness (QED) is 0.880. The van der Waals surface area contributed by atoms with E-state index in [0.29, 0.717) is 11.0 Å². The molecule has 0 fully saturated rings. The molecule has 0 spiro atoms. The highest BCUT2D eigenvalue weighted by Gasteiger charge is 2.00. The van der Waals surface area contributed by atoms with Gasteiger partial charge in [0.15, 0.2) is 0 Å². The van der Waals surface area contributed by atoms with E-state index < -0.39 is 0 Å². The maximum absolute atomic E-state index is 11.6. The van der Waals surface area contributed by atoms with E-state index in [4.69, 9.17) is 0 Å². The summed E-state index contributed by atoms with van der Waals surface area (Å²) in [7, 11) is 0. The topological polar surface area (TPSA) is 50.7 Å². The molecule has 5 heteroatoms. The van der Waals surface area contributed by atoms with Gasteiger partial charge in [-0.2, -0.15) is 5.10 Å². The number of hydrogen-bond acceptors (Lipinski definition) is 2. The maximum Gasteiger partial charge on any atom is 0.265 e. The first kappa shape index (κ1) is 9.21. The molecular formula is C9H8BrN3O. The van der Waals surface area contributed by atoms with E-state index in [1.165, 1.54) is 0 Å². The first-order chi connectivity index (χ1) is 6.77. The van der Waals surface area contributed by atoms with Crippen molar-refractivity contribution in [2.45, 2.75) is 6.54 Å². The minimum atomic E-state index is -0.0336. The zero-order chi connectivity index (χ0) is 9.97.